The number of terminal acetylenes is 3. The van der Waals surface area contributed by atoms with Crippen molar-refractivity contribution in [3.8, 4) is 37.0 Å². The summed E-state index contributed by atoms with van der Waals surface area (Å²) in [7, 11) is -3.25. The first kappa shape index (κ1) is 14.7. The van der Waals surface area contributed by atoms with Crippen molar-refractivity contribution < 1.29 is 27.7 Å². The monoisotopic (exact) mass is 246 g/mol. The van der Waals surface area contributed by atoms with Crippen LogP contribution in [-0.2, 0) is 27.7 Å². The van der Waals surface area contributed by atoms with E-state index in [1.165, 1.54) is 0 Å². The topological polar surface area (TPSA) is 55.4 Å². The Bertz CT molecular complexity index is 307. The van der Waals surface area contributed by atoms with Crippen LogP contribution in [0.4, 0.5) is 0 Å². The molecule has 0 spiro atoms. The van der Waals surface area contributed by atoms with Gasteiger partial charge in [0.05, 0.1) is 19.8 Å². The van der Waals surface area contributed by atoms with Gasteiger partial charge in [0, 0.05) is 0 Å². The van der Waals surface area contributed by atoms with E-state index in [0.29, 0.717) is 0 Å². The van der Waals surface area contributed by atoms with Gasteiger partial charge in [0.25, 0.3) is 0 Å². The highest BCUT2D eigenvalue weighted by Crippen LogP contribution is 2.10. The summed E-state index contributed by atoms with van der Waals surface area (Å²) in [6, 6.07) is 0. The van der Waals surface area contributed by atoms with Gasteiger partial charge in [-0.05, 0) is 0 Å². The summed E-state index contributed by atoms with van der Waals surface area (Å²) in [4.78, 5) is 0. The molecule has 0 saturated carbocycles. The number of hydrogen-bond donors (Lipinski definition) is 0. The van der Waals surface area contributed by atoms with Gasteiger partial charge in [-0.1, -0.05) is 17.8 Å². The van der Waals surface area contributed by atoms with Crippen LogP contribution in [0.25, 0.3) is 0 Å². The van der Waals surface area contributed by atoms with Gasteiger partial charge in [0.2, 0.25) is 0 Å². The molecule has 0 radical (unpaired) electrons. The molecule has 1 aliphatic heterocycles. The van der Waals surface area contributed by atoms with Crippen molar-refractivity contribution in [3.63, 3.8) is 0 Å². The molecule has 1 rings (SSSR count). The van der Waals surface area contributed by atoms with Crippen molar-refractivity contribution in [2.24, 2.45) is 0 Å². The van der Waals surface area contributed by atoms with Crippen molar-refractivity contribution in [2.45, 2.75) is 0 Å². The normalized spacial score (nSPS) is 14.8. The van der Waals surface area contributed by atoms with Crippen LogP contribution in [0.2, 0.25) is 0 Å². The molecule has 1 aliphatic rings. The zero-order valence-electron chi connectivity index (χ0n) is 9.53. The molecule has 0 aromatic heterocycles. The highest BCUT2D eigenvalue weighted by molar-refractivity contribution is 6.66. The summed E-state index contributed by atoms with van der Waals surface area (Å²) in [5.41, 5.74) is 0. The fourth-order valence-corrected chi connectivity index (χ4v) is 0.953. The fraction of sp³-hybridized carbons (Fsp3) is 0.333. The van der Waals surface area contributed by atoms with Crippen LogP contribution in [0.15, 0.2) is 0 Å². The van der Waals surface area contributed by atoms with Gasteiger partial charge >= 0.3 is 22.0 Å². The van der Waals surface area contributed by atoms with Gasteiger partial charge in [-0.3, -0.25) is 0 Å². The molecular weight excluding hydrogens is 237 g/mol. The Morgan fingerprint density at radius 3 is 1.17 bits per heavy atom. The predicted octanol–water partition coefficient (Wildman–Crippen LogP) is -1.05. The smallest absolute Gasteiger partial charge is 0.400 e. The maximum atomic E-state index is 5.09. The zero-order valence-corrected chi connectivity index (χ0v) is 9.53. The highest BCUT2D eigenvalue weighted by Gasteiger charge is 2.46. The summed E-state index contributed by atoms with van der Waals surface area (Å²) in [5, 5.41) is 0. The van der Waals surface area contributed by atoms with E-state index in [1.54, 1.807) is 0 Å². The van der Waals surface area contributed by atoms with E-state index in [-0.39, 0.29) is 19.8 Å². The van der Waals surface area contributed by atoms with Crippen LogP contribution < -0.4 is 0 Å². The molecule has 1 heterocycles. The molecule has 18 heavy (non-hydrogen) atoms. The lowest BCUT2D eigenvalue weighted by Gasteiger charge is -2.26. The van der Waals surface area contributed by atoms with E-state index in [2.05, 4.69) is 17.8 Å². The number of hydrogen-bond acceptors (Lipinski definition) is 6. The molecule has 0 N–H and O–H groups in total. The molecule has 1 saturated heterocycles. The Kier molecular flexibility index (Phi) is 7.09. The summed E-state index contributed by atoms with van der Waals surface area (Å²) >= 11 is 0. The largest absolute Gasteiger partial charge is 0.616 e. The van der Waals surface area contributed by atoms with Gasteiger partial charge in [0.1, 0.15) is 0 Å². The van der Waals surface area contributed by atoms with E-state index in [1.807, 2.05) is 0 Å². The molecule has 6 nitrogen and oxygen atoms in total. The first-order valence-corrected chi connectivity index (χ1v) is 4.91. The van der Waals surface area contributed by atoms with Crippen LogP contribution in [0.3, 0.4) is 0 Å². The molecule has 0 atom stereocenters. The van der Waals surface area contributed by atoms with Crippen LogP contribution in [0.1, 0.15) is 0 Å². The predicted molar refractivity (Wildman–Crippen MR) is 64.9 cm³/mol. The second-order valence-electron chi connectivity index (χ2n) is 2.82. The summed E-state index contributed by atoms with van der Waals surface area (Å²) in [5.74, 6) is 6.78. The number of rotatable bonds is 6. The van der Waals surface area contributed by atoms with Gasteiger partial charge in [-0.15, -0.1) is 19.3 Å². The van der Waals surface area contributed by atoms with Gasteiger partial charge in [0.15, 0.2) is 0 Å². The van der Waals surface area contributed by atoms with Crippen molar-refractivity contribution in [3.05, 3.63) is 0 Å². The first-order valence-electron chi connectivity index (χ1n) is 4.91. The van der Waals surface area contributed by atoms with Crippen LogP contribution >= 0.6 is 0 Å². The standard InChI is InChI=1S/C9H9B3O6/c1-4-7-13-10-16-11(14-8-5-2)18-12(17-10)15-9-6-3/h1-3H,7-9H2. The minimum Gasteiger partial charge on any atom is -0.400 e. The maximum Gasteiger partial charge on any atom is 0.616 e. The van der Waals surface area contributed by atoms with Crippen LogP contribution in [0, 0.1) is 37.0 Å². The van der Waals surface area contributed by atoms with Crippen molar-refractivity contribution in [1.29, 1.82) is 0 Å². The molecule has 0 bridgehead atoms. The summed E-state index contributed by atoms with van der Waals surface area (Å²) in [6.45, 7) is -0.0167. The molecule has 0 amide bonds. The third-order valence-electron chi connectivity index (χ3n) is 1.57. The second-order valence-corrected chi connectivity index (χ2v) is 2.82. The highest BCUT2D eigenvalue weighted by atomic mass is 16.9. The molecular formula is C9H9B3O6. The van der Waals surface area contributed by atoms with E-state index in [4.69, 9.17) is 46.9 Å². The Balaban J connectivity index is 2.47. The molecule has 0 aliphatic carbocycles. The van der Waals surface area contributed by atoms with Crippen molar-refractivity contribution >= 4 is 22.0 Å². The van der Waals surface area contributed by atoms with Crippen molar-refractivity contribution in [1.82, 2.24) is 0 Å². The van der Waals surface area contributed by atoms with Gasteiger partial charge in [-0.25, -0.2) is 0 Å². The minimum atomic E-state index is -1.08. The van der Waals surface area contributed by atoms with Gasteiger partial charge in [-0.2, -0.15) is 0 Å². The first-order chi connectivity index (χ1) is 8.80. The van der Waals surface area contributed by atoms with E-state index in [0.717, 1.165) is 0 Å². The Labute approximate surface area is 107 Å². The minimum absolute atomic E-state index is 0.00557. The summed E-state index contributed by atoms with van der Waals surface area (Å²) < 4.78 is 30.4. The summed E-state index contributed by atoms with van der Waals surface area (Å²) in [6.07, 6.45) is 15.1. The molecule has 0 unspecified atom stereocenters. The van der Waals surface area contributed by atoms with Crippen LogP contribution in [0.5, 0.6) is 0 Å². The molecule has 1 fully saturated rings. The fourth-order valence-electron chi connectivity index (χ4n) is 0.953. The zero-order chi connectivity index (χ0) is 13.2. The average Bonchev–Trinajstić information content (AvgIpc) is 2.40. The lowest BCUT2D eigenvalue weighted by Crippen LogP contribution is -2.52. The quantitative estimate of drug-likeness (QED) is 0.440. The third-order valence-corrected chi connectivity index (χ3v) is 1.57. The molecule has 0 aromatic carbocycles. The Hall–Kier alpha value is -1.37. The average molecular weight is 246 g/mol. The molecule has 9 heteroatoms. The molecule has 0 aromatic rings. The van der Waals surface area contributed by atoms with Gasteiger partial charge < -0.3 is 27.7 Å². The van der Waals surface area contributed by atoms with E-state index < -0.39 is 22.0 Å². The second kappa shape index (κ2) is 8.69. The van der Waals surface area contributed by atoms with E-state index in [9.17, 15) is 0 Å². The molecule has 90 valence electrons. The third kappa shape index (κ3) is 5.31. The van der Waals surface area contributed by atoms with Crippen LogP contribution in [-0.4, -0.2) is 41.8 Å². The van der Waals surface area contributed by atoms with Crippen molar-refractivity contribution in [2.75, 3.05) is 19.8 Å². The van der Waals surface area contributed by atoms with E-state index >= 15 is 0 Å². The maximum absolute atomic E-state index is 5.09. The lowest BCUT2D eigenvalue weighted by atomic mass is 9.96. The Morgan fingerprint density at radius 1 is 0.667 bits per heavy atom. The Morgan fingerprint density at radius 2 is 0.944 bits per heavy atom. The SMILES string of the molecule is C#CCOB1OB(OCC#C)OB(OCC#C)O1. The lowest BCUT2D eigenvalue weighted by molar-refractivity contribution is 0.0819.